The van der Waals surface area contributed by atoms with Crippen LogP contribution < -0.4 is 14.2 Å². The zero-order chi connectivity index (χ0) is 21.0. The summed E-state index contributed by atoms with van der Waals surface area (Å²) in [4.78, 5) is 14.8. The normalized spacial score (nSPS) is 15.1. The Morgan fingerprint density at radius 2 is 1.52 bits per heavy atom. The van der Waals surface area contributed by atoms with Crippen LogP contribution in [-0.4, -0.2) is 58.9 Å². The van der Waals surface area contributed by atoms with Crippen LogP contribution in [0.4, 0.5) is 0 Å². The summed E-state index contributed by atoms with van der Waals surface area (Å²) in [7, 11) is 1.14. The van der Waals surface area contributed by atoms with E-state index in [4.69, 9.17) is 14.2 Å². The van der Waals surface area contributed by atoms with Crippen molar-refractivity contribution in [3.8, 4) is 17.2 Å². The second-order valence-electron chi connectivity index (χ2n) is 6.78. The van der Waals surface area contributed by atoms with E-state index >= 15 is 0 Å². The fourth-order valence-electron chi connectivity index (χ4n) is 3.48. The van der Waals surface area contributed by atoms with Crippen molar-refractivity contribution in [1.82, 2.24) is 4.90 Å². The lowest BCUT2D eigenvalue weighted by Crippen LogP contribution is -2.42. The summed E-state index contributed by atoms with van der Waals surface area (Å²) in [5, 5.41) is -0.509. The molecular formula is C21H25NO6S. The first-order chi connectivity index (χ1) is 13.9. The van der Waals surface area contributed by atoms with Crippen LogP contribution >= 0.6 is 0 Å². The minimum atomic E-state index is -3.45. The average molecular weight is 419 g/mol. The van der Waals surface area contributed by atoms with Gasteiger partial charge in [-0.05, 0) is 55.3 Å². The van der Waals surface area contributed by atoms with Crippen LogP contribution in [0.1, 0.15) is 23.2 Å². The van der Waals surface area contributed by atoms with Gasteiger partial charge in [0, 0.05) is 18.7 Å². The van der Waals surface area contributed by atoms with Crippen LogP contribution in [0.5, 0.6) is 17.2 Å². The van der Waals surface area contributed by atoms with Gasteiger partial charge in [0.05, 0.1) is 31.5 Å². The highest BCUT2D eigenvalue weighted by Gasteiger charge is 2.33. The molecule has 1 amide bonds. The van der Waals surface area contributed by atoms with Crippen LogP contribution in [0.2, 0.25) is 0 Å². The van der Waals surface area contributed by atoms with Crippen molar-refractivity contribution in [2.24, 2.45) is 0 Å². The Hall–Kier alpha value is -2.74. The van der Waals surface area contributed by atoms with E-state index < -0.39 is 15.1 Å². The van der Waals surface area contributed by atoms with Crippen molar-refractivity contribution in [3.63, 3.8) is 0 Å². The number of hydrogen-bond donors (Lipinski definition) is 0. The highest BCUT2D eigenvalue weighted by atomic mass is 32.2. The second kappa shape index (κ2) is 8.73. The topological polar surface area (TPSA) is 82.1 Å². The van der Waals surface area contributed by atoms with Crippen LogP contribution in [0.15, 0.2) is 47.4 Å². The van der Waals surface area contributed by atoms with Gasteiger partial charge in [0.25, 0.3) is 5.91 Å². The van der Waals surface area contributed by atoms with E-state index in [0.717, 1.165) is 0 Å². The molecule has 2 aromatic rings. The lowest BCUT2D eigenvalue weighted by atomic mass is 10.1. The summed E-state index contributed by atoms with van der Waals surface area (Å²) >= 11 is 0. The number of methoxy groups -OCH3 is 3. The largest absolute Gasteiger partial charge is 0.497 e. The molecule has 0 unspecified atom stereocenters. The summed E-state index contributed by atoms with van der Waals surface area (Å²) < 4.78 is 41.4. The van der Waals surface area contributed by atoms with Gasteiger partial charge in [0.15, 0.2) is 21.3 Å². The molecule has 0 saturated carbocycles. The Labute approximate surface area is 171 Å². The molecule has 0 spiro atoms. The SMILES string of the molecule is COc1ccc(S(=O)(=O)C2CCN(C(=O)c3ccc(OC)c(OC)c3)CC2)cc1. The second-order valence-corrected chi connectivity index (χ2v) is 9.01. The minimum Gasteiger partial charge on any atom is -0.497 e. The number of ether oxygens (including phenoxy) is 3. The third kappa shape index (κ3) is 4.32. The maximum absolute atomic E-state index is 12.9. The molecule has 0 aromatic heterocycles. The van der Waals surface area contributed by atoms with Gasteiger partial charge < -0.3 is 19.1 Å². The molecule has 8 heteroatoms. The molecule has 2 aromatic carbocycles. The van der Waals surface area contributed by atoms with Crippen molar-refractivity contribution in [2.45, 2.75) is 23.0 Å². The van der Waals surface area contributed by atoms with Gasteiger partial charge in [-0.25, -0.2) is 8.42 Å². The molecule has 0 radical (unpaired) electrons. The molecule has 1 fully saturated rings. The number of rotatable bonds is 6. The first-order valence-electron chi connectivity index (χ1n) is 9.30. The Morgan fingerprint density at radius 1 is 0.897 bits per heavy atom. The fourth-order valence-corrected chi connectivity index (χ4v) is 5.21. The van der Waals surface area contributed by atoms with Gasteiger partial charge in [0.2, 0.25) is 0 Å². The molecule has 156 valence electrons. The predicted molar refractivity (Wildman–Crippen MR) is 109 cm³/mol. The third-order valence-electron chi connectivity index (χ3n) is 5.19. The van der Waals surface area contributed by atoms with E-state index in [9.17, 15) is 13.2 Å². The number of amides is 1. The summed E-state index contributed by atoms with van der Waals surface area (Å²) in [6.45, 7) is 0.764. The molecule has 0 atom stereocenters. The monoisotopic (exact) mass is 419 g/mol. The molecule has 1 aliphatic heterocycles. The highest BCUT2D eigenvalue weighted by molar-refractivity contribution is 7.92. The molecular weight excluding hydrogens is 394 g/mol. The number of sulfone groups is 1. The van der Waals surface area contributed by atoms with Crippen molar-refractivity contribution < 1.29 is 27.4 Å². The van der Waals surface area contributed by atoms with Gasteiger partial charge in [-0.1, -0.05) is 0 Å². The molecule has 3 rings (SSSR count). The van der Waals surface area contributed by atoms with Gasteiger partial charge >= 0.3 is 0 Å². The summed E-state index contributed by atoms with van der Waals surface area (Å²) in [5.74, 6) is 1.49. The van der Waals surface area contributed by atoms with Gasteiger partial charge in [-0.15, -0.1) is 0 Å². The van der Waals surface area contributed by atoms with Crippen molar-refractivity contribution >= 4 is 15.7 Å². The first-order valence-corrected chi connectivity index (χ1v) is 10.8. The Kier molecular flexibility index (Phi) is 6.32. The lowest BCUT2D eigenvalue weighted by molar-refractivity contribution is 0.0725. The van der Waals surface area contributed by atoms with Gasteiger partial charge in [-0.2, -0.15) is 0 Å². The van der Waals surface area contributed by atoms with E-state index in [0.29, 0.717) is 48.7 Å². The minimum absolute atomic E-state index is 0.147. The van der Waals surface area contributed by atoms with Crippen molar-refractivity contribution in [2.75, 3.05) is 34.4 Å². The molecule has 29 heavy (non-hydrogen) atoms. The number of hydrogen-bond acceptors (Lipinski definition) is 6. The van der Waals surface area contributed by atoms with Crippen LogP contribution in [0.3, 0.4) is 0 Å². The number of carbonyl (C=O) groups is 1. The molecule has 7 nitrogen and oxygen atoms in total. The van der Waals surface area contributed by atoms with E-state index in [-0.39, 0.29) is 10.8 Å². The lowest BCUT2D eigenvalue weighted by Gasteiger charge is -2.32. The van der Waals surface area contributed by atoms with E-state index in [1.165, 1.54) is 21.3 Å². The predicted octanol–water partition coefficient (Wildman–Crippen LogP) is 2.79. The average Bonchev–Trinajstić information content (AvgIpc) is 2.78. The Bertz CT molecular complexity index is 963. The smallest absolute Gasteiger partial charge is 0.253 e. The maximum atomic E-state index is 12.9. The number of nitrogens with zero attached hydrogens (tertiary/aromatic N) is 1. The molecule has 1 saturated heterocycles. The zero-order valence-electron chi connectivity index (χ0n) is 16.8. The molecule has 1 heterocycles. The van der Waals surface area contributed by atoms with Crippen LogP contribution in [-0.2, 0) is 9.84 Å². The van der Waals surface area contributed by atoms with Crippen LogP contribution in [0.25, 0.3) is 0 Å². The molecule has 0 N–H and O–H groups in total. The van der Waals surface area contributed by atoms with E-state index in [1.807, 2.05) is 0 Å². The summed E-state index contributed by atoms with van der Waals surface area (Å²) in [6.07, 6.45) is 0.792. The maximum Gasteiger partial charge on any atom is 0.253 e. The summed E-state index contributed by atoms with van der Waals surface area (Å²) in [6, 6.07) is 11.4. The highest BCUT2D eigenvalue weighted by Crippen LogP contribution is 2.30. The van der Waals surface area contributed by atoms with E-state index in [1.54, 1.807) is 47.4 Å². The number of piperidine rings is 1. The van der Waals surface area contributed by atoms with E-state index in [2.05, 4.69) is 0 Å². The van der Waals surface area contributed by atoms with Crippen LogP contribution in [0, 0.1) is 0 Å². The molecule has 0 aliphatic carbocycles. The number of carbonyl (C=O) groups excluding carboxylic acids is 1. The fraction of sp³-hybridized carbons (Fsp3) is 0.381. The zero-order valence-corrected chi connectivity index (χ0v) is 17.6. The Balaban J connectivity index is 1.68. The van der Waals surface area contributed by atoms with Crippen molar-refractivity contribution in [1.29, 1.82) is 0 Å². The number of likely N-dealkylation sites (tertiary alicyclic amines) is 1. The van der Waals surface area contributed by atoms with Gasteiger partial charge in [-0.3, -0.25) is 4.79 Å². The van der Waals surface area contributed by atoms with Gasteiger partial charge in [0.1, 0.15) is 5.75 Å². The summed E-state index contributed by atoms with van der Waals surface area (Å²) in [5.41, 5.74) is 0.485. The quantitative estimate of drug-likeness (QED) is 0.716. The first kappa shape index (κ1) is 21.0. The molecule has 0 bridgehead atoms. The van der Waals surface area contributed by atoms with Crippen molar-refractivity contribution in [3.05, 3.63) is 48.0 Å². The number of benzene rings is 2. The molecule has 1 aliphatic rings. The standard InChI is InChI=1S/C21H25NO6S/c1-26-16-5-7-17(8-6-16)29(24,25)18-10-12-22(13-11-18)21(23)15-4-9-19(27-2)20(14-15)28-3/h4-9,14,18H,10-13H2,1-3H3. The third-order valence-corrected chi connectivity index (χ3v) is 7.46. The Morgan fingerprint density at radius 3 is 2.07 bits per heavy atom.